The maximum absolute atomic E-state index is 11.9. The number of nitrogens with zero attached hydrogens (tertiary/aromatic N) is 1. The van der Waals surface area contributed by atoms with E-state index in [1.807, 2.05) is 0 Å². The third-order valence-corrected chi connectivity index (χ3v) is 6.43. The molecule has 3 aromatic rings. The Morgan fingerprint density at radius 1 is 0.943 bits per heavy atom. The van der Waals surface area contributed by atoms with Gasteiger partial charge in [0.2, 0.25) is 5.91 Å². The second-order valence-electron chi connectivity index (χ2n) is 7.32. The summed E-state index contributed by atoms with van der Waals surface area (Å²) in [7, 11) is -9.53. The predicted octanol–water partition coefficient (Wildman–Crippen LogP) is 1.75. The number of Topliss-reactive ketones (excluding diaryl/α,β-unsaturated/α-hetero) is 1. The van der Waals surface area contributed by atoms with Crippen molar-refractivity contribution in [3.63, 3.8) is 0 Å². The number of H-pyrrole nitrogens is 1. The van der Waals surface area contributed by atoms with Gasteiger partial charge < -0.3 is 5.32 Å². The average molecular weight is 522 g/mol. The van der Waals surface area contributed by atoms with E-state index in [0.29, 0.717) is 0 Å². The highest BCUT2D eigenvalue weighted by molar-refractivity contribution is 7.86. The molecule has 2 aromatic carbocycles. The Hall–Kier alpha value is -3.85. The number of benzene rings is 2. The molecule has 14 heteroatoms. The first-order valence-electron chi connectivity index (χ1n) is 9.73. The molecule has 0 saturated heterocycles. The summed E-state index contributed by atoms with van der Waals surface area (Å²) < 4.78 is 68.0. The Morgan fingerprint density at radius 3 is 2.03 bits per heavy atom. The Balaban J connectivity index is 2.04. The van der Waals surface area contributed by atoms with Crippen LogP contribution in [0.5, 0.6) is 0 Å². The molecular formula is C21H19N3O9S2. The largest absolute Gasteiger partial charge is 0.326 e. The highest BCUT2D eigenvalue weighted by Crippen LogP contribution is 2.25. The zero-order chi connectivity index (χ0) is 26.0. The minimum atomic E-state index is -4.78. The quantitative estimate of drug-likeness (QED) is 0.194. The van der Waals surface area contributed by atoms with E-state index in [4.69, 9.17) is 0 Å². The van der Waals surface area contributed by atoms with E-state index >= 15 is 0 Å². The van der Waals surface area contributed by atoms with Crippen molar-refractivity contribution in [2.45, 2.75) is 23.1 Å². The molecule has 0 bridgehead atoms. The van der Waals surface area contributed by atoms with Crippen molar-refractivity contribution < 1.29 is 35.5 Å². The minimum absolute atomic E-state index is 0.000364. The first kappa shape index (κ1) is 25.8. The van der Waals surface area contributed by atoms with Gasteiger partial charge in [0.1, 0.15) is 15.6 Å². The molecule has 35 heavy (non-hydrogen) atoms. The number of ketones is 1. The zero-order valence-corrected chi connectivity index (χ0v) is 19.6. The van der Waals surface area contributed by atoms with Gasteiger partial charge in [-0.1, -0.05) is 24.3 Å². The number of carbonyl (C=O) groups is 2. The fourth-order valence-electron chi connectivity index (χ4n) is 3.13. The summed E-state index contributed by atoms with van der Waals surface area (Å²) in [5.74, 6) is -1.08. The smallest absolute Gasteiger partial charge is 0.295 e. The molecule has 0 unspecified atom stereocenters. The Bertz CT molecular complexity index is 1620. The van der Waals surface area contributed by atoms with Gasteiger partial charge in [0.05, 0.1) is 12.1 Å². The van der Waals surface area contributed by atoms with Gasteiger partial charge in [-0.2, -0.15) is 16.8 Å². The van der Waals surface area contributed by atoms with Gasteiger partial charge in [0.15, 0.2) is 0 Å². The summed E-state index contributed by atoms with van der Waals surface area (Å²) >= 11 is 0. The van der Waals surface area contributed by atoms with Gasteiger partial charge in [0, 0.05) is 18.0 Å². The molecule has 12 nitrogen and oxygen atoms in total. The number of hydrogen-bond donors (Lipinski definition) is 4. The van der Waals surface area contributed by atoms with Crippen molar-refractivity contribution >= 4 is 49.8 Å². The number of amides is 1. The molecule has 4 N–H and O–H groups in total. The molecule has 0 aliphatic carbocycles. The van der Waals surface area contributed by atoms with Crippen molar-refractivity contribution in [2.24, 2.45) is 0 Å². The second-order valence-corrected chi connectivity index (χ2v) is 10.1. The molecule has 0 radical (unpaired) electrons. The van der Waals surface area contributed by atoms with E-state index in [1.165, 1.54) is 55.6 Å². The van der Waals surface area contributed by atoms with E-state index in [2.05, 4.69) is 10.4 Å². The van der Waals surface area contributed by atoms with Crippen LogP contribution < -0.4 is 10.9 Å². The first-order chi connectivity index (χ1) is 16.3. The minimum Gasteiger partial charge on any atom is -0.326 e. The second kappa shape index (κ2) is 9.79. The fourth-order valence-corrected chi connectivity index (χ4v) is 4.54. The standard InChI is InChI=1S/C21H19N3O9S2/c1-13(25)10-20(26)23-16-6-4-14(18(11-16)34(28,29)30)2-3-15-5-7-17(12-19(15)35(31,32)33)24-21(27)8-9-22-24/h2-9,11-12,22H,10H2,1H3,(H,23,26)(H,28,29,30)(H,31,32,33)/b3-2+. The normalized spacial score (nSPS) is 12.1. The lowest BCUT2D eigenvalue weighted by Crippen LogP contribution is -2.15. The molecule has 0 spiro atoms. The molecule has 1 amide bonds. The van der Waals surface area contributed by atoms with Crippen LogP contribution in [-0.2, 0) is 29.8 Å². The number of aromatic amines is 1. The van der Waals surface area contributed by atoms with E-state index in [1.54, 1.807) is 0 Å². The number of rotatable bonds is 8. The van der Waals surface area contributed by atoms with Crippen LogP contribution in [0.4, 0.5) is 5.69 Å². The number of nitrogens with one attached hydrogen (secondary N) is 2. The summed E-state index contributed by atoms with van der Waals surface area (Å²) in [4.78, 5) is 33.5. The molecule has 1 heterocycles. The van der Waals surface area contributed by atoms with Gasteiger partial charge in [-0.3, -0.25) is 28.6 Å². The van der Waals surface area contributed by atoms with E-state index in [0.717, 1.165) is 16.8 Å². The van der Waals surface area contributed by atoms with Crippen molar-refractivity contribution in [1.29, 1.82) is 0 Å². The molecule has 0 fully saturated rings. The lowest BCUT2D eigenvalue weighted by atomic mass is 10.1. The summed E-state index contributed by atoms with van der Waals surface area (Å²) in [6, 6.07) is 8.46. The van der Waals surface area contributed by atoms with Crippen LogP contribution in [0.3, 0.4) is 0 Å². The summed E-state index contributed by atoms with van der Waals surface area (Å²) in [5.41, 5.74) is -0.462. The first-order valence-corrected chi connectivity index (χ1v) is 12.6. The van der Waals surface area contributed by atoms with Crippen LogP contribution in [-0.4, -0.2) is 47.4 Å². The number of carbonyl (C=O) groups excluding carboxylic acids is 2. The predicted molar refractivity (Wildman–Crippen MR) is 125 cm³/mol. The van der Waals surface area contributed by atoms with E-state index in [9.17, 15) is 40.3 Å². The maximum Gasteiger partial charge on any atom is 0.295 e. The Morgan fingerprint density at radius 2 is 1.51 bits per heavy atom. The Kier molecular flexibility index (Phi) is 7.21. The molecular weight excluding hydrogens is 502 g/mol. The van der Waals surface area contributed by atoms with Crippen molar-refractivity contribution in [3.05, 3.63) is 70.1 Å². The lowest BCUT2D eigenvalue weighted by molar-refractivity contribution is -0.124. The summed E-state index contributed by atoms with van der Waals surface area (Å²) in [6.07, 6.45) is 3.27. The zero-order valence-electron chi connectivity index (χ0n) is 18.0. The van der Waals surface area contributed by atoms with Gasteiger partial charge in [0.25, 0.3) is 25.8 Å². The van der Waals surface area contributed by atoms with Crippen LogP contribution in [0.1, 0.15) is 24.5 Å². The van der Waals surface area contributed by atoms with Gasteiger partial charge in [-0.05, 0) is 42.3 Å². The lowest BCUT2D eigenvalue weighted by Gasteiger charge is -2.09. The third kappa shape index (κ3) is 6.39. The molecule has 184 valence electrons. The number of aromatic nitrogens is 2. The van der Waals surface area contributed by atoms with Gasteiger partial charge >= 0.3 is 0 Å². The third-order valence-electron chi connectivity index (χ3n) is 4.61. The maximum atomic E-state index is 11.9. The van der Waals surface area contributed by atoms with Crippen LogP contribution >= 0.6 is 0 Å². The van der Waals surface area contributed by atoms with Crippen molar-refractivity contribution in [1.82, 2.24) is 9.78 Å². The highest BCUT2D eigenvalue weighted by atomic mass is 32.2. The van der Waals surface area contributed by atoms with Crippen LogP contribution in [0, 0.1) is 0 Å². The van der Waals surface area contributed by atoms with Gasteiger partial charge in [-0.15, -0.1) is 0 Å². The monoisotopic (exact) mass is 521 g/mol. The fraction of sp³-hybridized carbons (Fsp3) is 0.0952. The highest BCUT2D eigenvalue weighted by Gasteiger charge is 2.18. The molecule has 0 atom stereocenters. The SMILES string of the molecule is CC(=O)CC(=O)Nc1ccc(/C=C/c2ccc(-n3[nH]ccc3=O)cc2S(=O)(=O)O)c(S(=O)(=O)O)c1. The molecule has 0 saturated carbocycles. The van der Waals surface area contributed by atoms with Gasteiger partial charge in [-0.25, -0.2) is 4.68 Å². The van der Waals surface area contributed by atoms with Crippen LogP contribution in [0.15, 0.2) is 63.2 Å². The van der Waals surface area contributed by atoms with E-state index in [-0.39, 0.29) is 22.5 Å². The summed E-state index contributed by atoms with van der Waals surface area (Å²) in [5, 5.41) is 4.93. The Labute approximate surface area is 199 Å². The average Bonchev–Trinajstić information content (AvgIpc) is 3.16. The molecule has 1 aromatic heterocycles. The number of anilines is 1. The summed E-state index contributed by atoms with van der Waals surface area (Å²) in [6.45, 7) is 1.21. The van der Waals surface area contributed by atoms with E-state index < -0.39 is 53.7 Å². The number of hydrogen-bond acceptors (Lipinski definition) is 7. The molecule has 0 aliphatic rings. The molecule has 3 rings (SSSR count). The molecule has 0 aliphatic heterocycles. The van der Waals surface area contributed by atoms with Crippen molar-refractivity contribution in [2.75, 3.05) is 5.32 Å². The van der Waals surface area contributed by atoms with Crippen molar-refractivity contribution in [3.8, 4) is 5.69 Å². The van der Waals surface area contributed by atoms with Crippen LogP contribution in [0.25, 0.3) is 17.8 Å². The topological polar surface area (TPSA) is 193 Å². The van der Waals surface area contributed by atoms with Crippen LogP contribution in [0.2, 0.25) is 0 Å².